The van der Waals surface area contributed by atoms with Crippen molar-refractivity contribution in [3.8, 4) is 11.4 Å². The molecule has 0 radical (unpaired) electrons. The van der Waals surface area contributed by atoms with Gasteiger partial charge in [-0.15, -0.1) is 10.2 Å². The van der Waals surface area contributed by atoms with Crippen molar-refractivity contribution in [1.82, 2.24) is 19.7 Å². The first kappa shape index (κ1) is 17.9. The lowest BCUT2D eigenvalue weighted by Crippen LogP contribution is -2.16. The first-order valence-corrected chi connectivity index (χ1v) is 10.1. The number of rotatable bonds is 6. The zero-order chi connectivity index (χ0) is 19.0. The number of thioether (sulfide) groups is 1. The summed E-state index contributed by atoms with van der Waals surface area (Å²) in [4.78, 5) is 17.1. The Bertz CT molecular complexity index is 979. The highest BCUT2D eigenvalue weighted by molar-refractivity contribution is 8.00. The van der Waals surface area contributed by atoms with Gasteiger partial charge in [0.15, 0.2) is 16.8 Å². The Hall–Kier alpha value is -2.47. The lowest BCUT2D eigenvalue weighted by molar-refractivity contribution is 0.0993. The second-order valence-electron chi connectivity index (χ2n) is 7.09. The molecule has 1 saturated carbocycles. The molecule has 1 aliphatic carbocycles. The molecule has 1 atom stereocenters. The van der Waals surface area contributed by atoms with Crippen LogP contribution in [0.4, 0.5) is 0 Å². The molecule has 27 heavy (non-hydrogen) atoms. The maximum Gasteiger partial charge on any atom is 0.192 e. The van der Waals surface area contributed by atoms with Gasteiger partial charge in [0.2, 0.25) is 0 Å². The number of ketones is 1. The second kappa shape index (κ2) is 7.27. The van der Waals surface area contributed by atoms with E-state index in [-0.39, 0.29) is 11.0 Å². The lowest BCUT2D eigenvalue weighted by atomic mass is 10.0. The number of nitrogens with zero attached hydrogens (tertiary/aromatic N) is 4. The van der Waals surface area contributed by atoms with Crippen LogP contribution < -0.4 is 0 Å². The van der Waals surface area contributed by atoms with Crippen molar-refractivity contribution in [1.29, 1.82) is 0 Å². The quantitative estimate of drug-likeness (QED) is 0.461. The smallest absolute Gasteiger partial charge is 0.192 e. The van der Waals surface area contributed by atoms with E-state index in [0.717, 1.165) is 46.1 Å². The van der Waals surface area contributed by atoms with Crippen LogP contribution in [-0.4, -0.2) is 30.8 Å². The third-order valence-corrected chi connectivity index (χ3v) is 5.88. The fourth-order valence-corrected chi connectivity index (χ4v) is 4.14. The average molecular weight is 379 g/mol. The number of carbonyl (C=O) groups is 1. The average Bonchev–Trinajstić information content (AvgIpc) is 3.44. The molecule has 1 aliphatic rings. The van der Waals surface area contributed by atoms with Crippen LogP contribution in [0.15, 0.2) is 47.9 Å². The van der Waals surface area contributed by atoms with E-state index in [1.54, 1.807) is 12.4 Å². The highest BCUT2D eigenvalue weighted by Gasteiger charge is 2.31. The number of hydrogen-bond acceptors (Lipinski definition) is 5. The third-order valence-electron chi connectivity index (χ3n) is 4.83. The van der Waals surface area contributed by atoms with Gasteiger partial charge in [0.05, 0.1) is 5.25 Å². The first-order valence-electron chi connectivity index (χ1n) is 9.18. The van der Waals surface area contributed by atoms with E-state index >= 15 is 0 Å². The molecule has 0 spiro atoms. The Labute approximate surface area is 163 Å². The highest BCUT2D eigenvalue weighted by Crippen LogP contribution is 2.41. The van der Waals surface area contributed by atoms with E-state index in [1.807, 2.05) is 51.1 Å². The molecule has 138 valence electrons. The van der Waals surface area contributed by atoms with Crippen LogP contribution in [0.3, 0.4) is 0 Å². The maximum atomic E-state index is 13.0. The summed E-state index contributed by atoms with van der Waals surface area (Å²) in [5.41, 5.74) is 3.91. The highest BCUT2D eigenvalue weighted by atomic mass is 32.2. The van der Waals surface area contributed by atoms with Gasteiger partial charge in [0, 0.05) is 29.6 Å². The van der Waals surface area contributed by atoms with Gasteiger partial charge >= 0.3 is 0 Å². The summed E-state index contributed by atoms with van der Waals surface area (Å²) in [6.45, 7) is 5.95. The van der Waals surface area contributed by atoms with Crippen LogP contribution in [0.2, 0.25) is 0 Å². The molecule has 0 unspecified atom stereocenters. The standard InChI is InChI=1S/C21H22N4OS/c1-13-4-5-14(2)18(12-13)19(26)15(3)27-21-24-23-20(25(21)17-6-7-17)16-8-10-22-11-9-16/h4-5,8-12,15,17H,6-7H2,1-3H3/t15-/m0/s1. The van der Waals surface area contributed by atoms with E-state index in [9.17, 15) is 4.79 Å². The van der Waals surface area contributed by atoms with Crippen molar-refractivity contribution in [3.05, 3.63) is 59.4 Å². The SMILES string of the molecule is Cc1ccc(C)c(C(=O)[C@H](C)Sc2nnc(-c3ccncc3)n2C2CC2)c1. The molecule has 3 aromatic rings. The zero-order valence-electron chi connectivity index (χ0n) is 15.7. The molecule has 1 aromatic carbocycles. The molecule has 6 heteroatoms. The van der Waals surface area contributed by atoms with Crippen molar-refractivity contribution in [3.63, 3.8) is 0 Å². The van der Waals surface area contributed by atoms with Crippen molar-refractivity contribution >= 4 is 17.5 Å². The summed E-state index contributed by atoms with van der Waals surface area (Å²) in [5, 5.41) is 9.42. The van der Waals surface area contributed by atoms with Gasteiger partial charge in [-0.1, -0.05) is 29.5 Å². The van der Waals surface area contributed by atoms with Gasteiger partial charge in [-0.25, -0.2) is 0 Å². The normalized spacial score (nSPS) is 14.9. The van der Waals surface area contributed by atoms with E-state index in [0.29, 0.717) is 6.04 Å². The van der Waals surface area contributed by atoms with Gasteiger partial charge in [0.25, 0.3) is 0 Å². The minimum absolute atomic E-state index is 0.136. The summed E-state index contributed by atoms with van der Waals surface area (Å²) in [6, 6.07) is 10.3. The van der Waals surface area contributed by atoms with Crippen LogP contribution in [0.25, 0.3) is 11.4 Å². The van der Waals surface area contributed by atoms with Crippen molar-refractivity contribution in [2.45, 2.75) is 50.1 Å². The zero-order valence-corrected chi connectivity index (χ0v) is 16.5. The Morgan fingerprint density at radius 2 is 1.89 bits per heavy atom. The third kappa shape index (κ3) is 3.67. The maximum absolute atomic E-state index is 13.0. The largest absolute Gasteiger partial charge is 0.299 e. The molecule has 4 rings (SSSR count). The molecule has 0 saturated heterocycles. The monoisotopic (exact) mass is 378 g/mol. The molecule has 0 N–H and O–H groups in total. The van der Waals surface area contributed by atoms with Gasteiger partial charge in [0.1, 0.15) is 0 Å². The molecule has 2 aromatic heterocycles. The summed E-state index contributed by atoms with van der Waals surface area (Å²) >= 11 is 1.50. The van der Waals surface area contributed by atoms with E-state index < -0.39 is 0 Å². The van der Waals surface area contributed by atoms with Gasteiger partial charge < -0.3 is 0 Å². The first-order chi connectivity index (χ1) is 13.0. The summed E-state index contributed by atoms with van der Waals surface area (Å²) in [6.07, 6.45) is 5.79. The topological polar surface area (TPSA) is 60.7 Å². The number of hydrogen-bond donors (Lipinski definition) is 0. The predicted octanol–water partition coefficient (Wildman–Crippen LogP) is 4.66. The summed E-state index contributed by atoms with van der Waals surface area (Å²) in [7, 11) is 0. The predicted molar refractivity (Wildman–Crippen MR) is 107 cm³/mol. The van der Waals surface area contributed by atoms with E-state index in [2.05, 4.69) is 19.7 Å². The second-order valence-corrected chi connectivity index (χ2v) is 8.39. The minimum Gasteiger partial charge on any atom is -0.299 e. The Morgan fingerprint density at radius 3 is 2.59 bits per heavy atom. The molecular formula is C21H22N4OS. The summed E-state index contributed by atoms with van der Waals surface area (Å²) in [5.74, 6) is 0.991. The molecule has 0 amide bonds. The minimum atomic E-state index is -0.225. The Kier molecular flexibility index (Phi) is 4.83. The van der Waals surface area contributed by atoms with Crippen molar-refractivity contribution in [2.24, 2.45) is 0 Å². The number of carbonyl (C=O) groups excluding carboxylic acids is 1. The number of pyridine rings is 1. The Balaban J connectivity index is 1.62. The molecule has 2 heterocycles. The molecule has 0 bridgehead atoms. The fourth-order valence-electron chi connectivity index (χ4n) is 3.15. The van der Waals surface area contributed by atoms with Crippen LogP contribution in [0.1, 0.15) is 47.3 Å². The van der Waals surface area contributed by atoms with E-state index in [4.69, 9.17) is 0 Å². The molecule has 0 aliphatic heterocycles. The number of aromatic nitrogens is 4. The van der Waals surface area contributed by atoms with Crippen LogP contribution in [0, 0.1) is 13.8 Å². The molecule has 5 nitrogen and oxygen atoms in total. The van der Waals surface area contributed by atoms with Gasteiger partial charge in [-0.05, 0) is 57.4 Å². The van der Waals surface area contributed by atoms with Crippen LogP contribution >= 0.6 is 11.8 Å². The lowest BCUT2D eigenvalue weighted by Gasteiger charge is -2.14. The Morgan fingerprint density at radius 1 is 1.15 bits per heavy atom. The molecular weight excluding hydrogens is 356 g/mol. The number of Topliss-reactive ketones (excluding diaryl/α,β-unsaturated/α-hetero) is 1. The molecule has 1 fully saturated rings. The van der Waals surface area contributed by atoms with Crippen LogP contribution in [0.5, 0.6) is 0 Å². The van der Waals surface area contributed by atoms with Crippen LogP contribution in [-0.2, 0) is 0 Å². The van der Waals surface area contributed by atoms with Gasteiger partial charge in [-0.3, -0.25) is 14.3 Å². The number of benzene rings is 1. The van der Waals surface area contributed by atoms with Crippen molar-refractivity contribution in [2.75, 3.05) is 0 Å². The number of aryl methyl sites for hydroxylation is 2. The van der Waals surface area contributed by atoms with E-state index in [1.165, 1.54) is 11.8 Å². The fraction of sp³-hybridized carbons (Fsp3) is 0.333. The van der Waals surface area contributed by atoms with Crippen molar-refractivity contribution < 1.29 is 4.79 Å². The summed E-state index contributed by atoms with van der Waals surface area (Å²) < 4.78 is 2.19. The van der Waals surface area contributed by atoms with Gasteiger partial charge in [-0.2, -0.15) is 0 Å².